The summed E-state index contributed by atoms with van der Waals surface area (Å²) in [6.07, 6.45) is 2.03. The van der Waals surface area contributed by atoms with E-state index in [4.69, 9.17) is 4.42 Å². The van der Waals surface area contributed by atoms with Gasteiger partial charge in [0.1, 0.15) is 11.2 Å². The molecule has 274 valence electrons. The van der Waals surface area contributed by atoms with Crippen LogP contribution in [0.15, 0.2) is 180 Å². The van der Waals surface area contributed by atoms with Crippen LogP contribution in [0.4, 0.5) is 0 Å². The molecule has 0 spiro atoms. The van der Waals surface area contributed by atoms with Gasteiger partial charge in [0, 0.05) is 28.0 Å². The lowest BCUT2D eigenvalue weighted by atomic mass is 9.79. The van der Waals surface area contributed by atoms with Crippen LogP contribution in [0.25, 0.3) is 55.3 Å². The lowest BCUT2D eigenvalue weighted by molar-refractivity contribution is 0.654. The van der Waals surface area contributed by atoms with E-state index in [-0.39, 0.29) is 11.3 Å². The summed E-state index contributed by atoms with van der Waals surface area (Å²) in [6.45, 7) is 6.94. The third-order valence-electron chi connectivity index (χ3n) is 13.1. The van der Waals surface area contributed by atoms with Crippen molar-refractivity contribution in [1.29, 1.82) is 0 Å². The Morgan fingerprint density at radius 3 is 2.12 bits per heavy atom. The number of fused-ring (bicyclic) bond motifs is 9. The van der Waals surface area contributed by atoms with Crippen molar-refractivity contribution in [3.8, 4) is 33.4 Å². The van der Waals surface area contributed by atoms with Crippen LogP contribution in [0, 0.1) is 6.92 Å². The summed E-state index contributed by atoms with van der Waals surface area (Å²) in [4.78, 5) is 0. The lowest BCUT2D eigenvalue weighted by Crippen LogP contribution is -2.15. The minimum absolute atomic E-state index is 0.0210. The van der Waals surface area contributed by atoms with E-state index in [0.29, 0.717) is 5.92 Å². The summed E-state index contributed by atoms with van der Waals surface area (Å²) in [5.74, 6) is 0.471. The van der Waals surface area contributed by atoms with Gasteiger partial charge in [-0.05, 0) is 122 Å². The molecule has 0 amide bonds. The topological polar surface area (TPSA) is 13.1 Å². The van der Waals surface area contributed by atoms with E-state index in [1.165, 1.54) is 94.2 Å². The molecule has 1 aromatic heterocycles. The molecule has 0 fully saturated rings. The zero-order valence-electron chi connectivity index (χ0n) is 32.7. The highest BCUT2D eigenvalue weighted by Crippen LogP contribution is 2.51. The average Bonchev–Trinajstić information content (AvgIpc) is 3.86. The minimum Gasteiger partial charge on any atom is -0.456 e. The van der Waals surface area contributed by atoms with Crippen molar-refractivity contribution < 1.29 is 4.42 Å². The molecule has 9 aromatic rings. The highest BCUT2D eigenvalue weighted by atomic mass is 16.3. The van der Waals surface area contributed by atoms with Crippen LogP contribution in [0.5, 0.6) is 0 Å². The first-order valence-corrected chi connectivity index (χ1v) is 20.5. The lowest BCUT2D eigenvalue weighted by Gasteiger charge is -2.24. The van der Waals surface area contributed by atoms with Gasteiger partial charge in [-0.15, -0.1) is 0 Å². The number of benzene rings is 8. The second kappa shape index (κ2) is 13.1. The van der Waals surface area contributed by atoms with Crippen molar-refractivity contribution in [2.24, 2.45) is 0 Å². The Hall–Kier alpha value is -6.44. The van der Waals surface area contributed by atoms with Gasteiger partial charge in [-0.2, -0.15) is 0 Å². The van der Waals surface area contributed by atoms with Gasteiger partial charge >= 0.3 is 0 Å². The van der Waals surface area contributed by atoms with E-state index < -0.39 is 0 Å². The first-order valence-electron chi connectivity index (χ1n) is 20.5. The molecular weight excluding hydrogens is 689 g/mol. The van der Waals surface area contributed by atoms with Crippen molar-refractivity contribution in [2.75, 3.05) is 0 Å². The van der Waals surface area contributed by atoms with Crippen LogP contribution < -0.4 is 0 Å². The molecule has 0 saturated heterocycles. The Labute approximate surface area is 335 Å². The molecular formula is C56H44O. The fraction of sp³-hybridized carbons (Fsp3) is 0.143. The monoisotopic (exact) mass is 732 g/mol. The van der Waals surface area contributed by atoms with Crippen LogP contribution in [0.3, 0.4) is 0 Å². The van der Waals surface area contributed by atoms with Crippen molar-refractivity contribution in [3.05, 3.63) is 226 Å². The number of hydrogen-bond acceptors (Lipinski definition) is 1. The Morgan fingerprint density at radius 1 is 0.509 bits per heavy atom. The summed E-state index contributed by atoms with van der Waals surface area (Å²) >= 11 is 0. The molecule has 0 bridgehead atoms. The third kappa shape index (κ3) is 5.52. The smallest absolute Gasteiger partial charge is 0.135 e. The molecule has 0 saturated carbocycles. The summed E-state index contributed by atoms with van der Waals surface area (Å²) in [5, 5.41) is 2.35. The normalized spacial score (nSPS) is 15.3. The van der Waals surface area contributed by atoms with Crippen molar-refractivity contribution in [3.63, 3.8) is 0 Å². The zero-order chi connectivity index (χ0) is 38.3. The Morgan fingerprint density at radius 2 is 1.23 bits per heavy atom. The van der Waals surface area contributed by atoms with Crippen molar-refractivity contribution >= 4 is 21.9 Å². The minimum atomic E-state index is -0.0210. The number of aryl methyl sites for hydroxylation is 2. The number of rotatable bonds is 7. The molecule has 57 heavy (non-hydrogen) atoms. The molecule has 2 unspecified atom stereocenters. The first-order chi connectivity index (χ1) is 27.9. The van der Waals surface area contributed by atoms with Crippen LogP contribution in [-0.4, -0.2) is 0 Å². The van der Waals surface area contributed by atoms with Gasteiger partial charge in [-0.1, -0.05) is 171 Å². The molecule has 2 atom stereocenters. The molecule has 2 aliphatic rings. The highest BCUT2D eigenvalue weighted by Gasteiger charge is 2.36. The van der Waals surface area contributed by atoms with E-state index in [1.54, 1.807) is 0 Å². The third-order valence-corrected chi connectivity index (χ3v) is 13.1. The van der Waals surface area contributed by atoms with Gasteiger partial charge in [-0.3, -0.25) is 0 Å². The second-order valence-corrected chi connectivity index (χ2v) is 16.9. The van der Waals surface area contributed by atoms with Crippen LogP contribution >= 0.6 is 0 Å². The predicted molar refractivity (Wildman–Crippen MR) is 237 cm³/mol. The predicted octanol–water partition coefficient (Wildman–Crippen LogP) is 14.8. The molecule has 1 heteroatoms. The van der Waals surface area contributed by atoms with Gasteiger partial charge in [0.05, 0.1) is 0 Å². The fourth-order valence-electron chi connectivity index (χ4n) is 10.1. The molecule has 0 aliphatic heterocycles. The first kappa shape index (κ1) is 33.9. The summed E-state index contributed by atoms with van der Waals surface area (Å²) < 4.78 is 6.20. The Kier molecular flexibility index (Phi) is 7.76. The Balaban J connectivity index is 0.916. The molecule has 0 radical (unpaired) electrons. The van der Waals surface area contributed by atoms with E-state index in [9.17, 15) is 0 Å². The SMILES string of the molecule is Cc1ccc(C(CCc2cccc(-c3ccc4c(c3)-c3ccccc3C4c3ccc4oc5ccccc5c4c3)c2)c2ccc3c(c2)C(C)(C)c2ccccc2-3)cc1. The van der Waals surface area contributed by atoms with Gasteiger partial charge < -0.3 is 4.42 Å². The fourth-order valence-corrected chi connectivity index (χ4v) is 10.1. The molecule has 2 aliphatic carbocycles. The zero-order valence-corrected chi connectivity index (χ0v) is 32.7. The molecule has 11 rings (SSSR count). The summed E-state index contributed by atoms with van der Waals surface area (Å²) in [7, 11) is 0. The van der Waals surface area contributed by atoms with Gasteiger partial charge in [0.25, 0.3) is 0 Å². The van der Waals surface area contributed by atoms with E-state index in [0.717, 1.165) is 24.0 Å². The summed E-state index contributed by atoms with van der Waals surface area (Å²) in [5.41, 5.74) is 22.2. The molecule has 1 heterocycles. The quantitative estimate of drug-likeness (QED) is 0.159. The Bertz CT molecular complexity index is 3010. The molecule has 0 N–H and O–H groups in total. The van der Waals surface area contributed by atoms with Crippen LogP contribution in [0.1, 0.15) is 82.2 Å². The van der Waals surface area contributed by atoms with Crippen molar-refractivity contribution in [1.82, 2.24) is 0 Å². The van der Waals surface area contributed by atoms with Crippen LogP contribution in [-0.2, 0) is 11.8 Å². The number of para-hydroxylation sites is 1. The second-order valence-electron chi connectivity index (χ2n) is 16.9. The largest absolute Gasteiger partial charge is 0.456 e. The highest BCUT2D eigenvalue weighted by molar-refractivity contribution is 6.05. The number of furan rings is 1. The van der Waals surface area contributed by atoms with Gasteiger partial charge in [0.15, 0.2) is 0 Å². The van der Waals surface area contributed by atoms with E-state index in [1.807, 2.05) is 6.07 Å². The number of hydrogen-bond donors (Lipinski definition) is 0. The molecule has 8 aromatic carbocycles. The average molecular weight is 733 g/mol. The van der Waals surface area contributed by atoms with Crippen LogP contribution in [0.2, 0.25) is 0 Å². The van der Waals surface area contributed by atoms with E-state index in [2.05, 4.69) is 191 Å². The van der Waals surface area contributed by atoms with Crippen molar-refractivity contribution in [2.45, 2.75) is 50.9 Å². The van der Waals surface area contributed by atoms with E-state index >= 15 is 0 Å². The summed E-state index contributed by atoms with van der Waals surface area (Å²) in [6, 6.07) is 65.9. The molecule has 1 nitrogen and oxygen atoms in total. The van der Waals surface area contributed by atoms with Gasteiger partial charge in [-0.25, -0.2) is 0 Å². The maximum absolute atomic E-state index is 6.20. The standard InChI is InChI=1S/C56H44O/c1-35-19-22-37(23-20-35)42(40-25-28-45-44-14-6-8-17-51(44)56(2,3)52(45)34-40)27-21-36-11-10-12-38(31-36)39-24-29-48-49(32-39)43-13-4-5-16-47(43)55(48)41-26-30-54-50(33-41)46-15-7-9-18-53(46)57-54/h4-20,22-26,28-34,42,55H,21,27H2,1-3H3. The maximum atomic E-state index is 6.20. The maximum Gasteiger partial charge on any atom is 0.135 e. The van der Waals surface area contributed by atoms with Gasteiger partial charge in [0.2, 0.25) is 0 Å².